The Morgan fingerprint density at radius 1 is 1.03 bits per heavy atom. The Labute approximate surface area is 177 Å². The number of hydrogen-bond acceptors (Lipinski definition) is 6. The van der Waals surface area contributed by atoms with Crippen LogP contribution in [0.1, 0.15) is 10.4 Å². The van der Waals surface area contributed by atoms with Crippen molar-refractivity contribution in [1.29, 1.82) is 0 Å². The molecule has 30 heavy (non-hydrogen) atoms. The van der Waals surface area contributed by atoms with Crippen LogP contribution < -0.4 is 26.2 Å². The summed E-state index contributed by atoms with van der Waals surface area (Å²) < 4.78 is 35.1. The van der Waals surface area contributed by atoms with E-state index in [1.54, 1.807) is 30.3 Å². The van der Waals surface area contributed by atoms with Crippen LogP contribution in [-0.4, -0.2) is 28.8 Å². The molecular weight excluding hydrogens is 482 g/mol. The first-order valence-electron chi connectivity index (χ1n) is 8.18. The van der Waals surface area contributed by atoms with Crippen LogP contribution in [0.2, 0.25) is 0 Å². The third kappa shape index (κ3) is 4.76. The first-order chi connectivity index (χ1) is 14.2. The monoisotopic (exact) mass is 495 g/mol. The van der Waals surface area contributed by atoms with E-state index < -0.39 is 33.1 Å². The molecule has 3 rings (SSSR count). The van der Waals surface area contributed by atoms with Crippen molar-refractivity contribution in [2.75, 3.05) is 9.53 Å². The van der Waals surface area contributed by atoms with Crippen molar-refractivity contribution < 1.29 is 17.8 Å². The molecule has 0 unspecified atom stereocenters. The third-order valence-electron chi connectivity index (χ3n) is 3.72. The van der Waals surface area contributed by atoms with Crippen molar-refractivity contribution in [1.82, 2.24) is 15.4 Å². The Hall–Kier alpha value is -3.42. The predicted molar refractivity (Wildman–Crippen MR) is 112 cm³/mol. The van der Waals surface area contributed by atoms with E-state index in [0.29, 0.717) is 9.59 Å². The molecule has 2 aromatic carbocycles. The van der Waals surface area contributed by atoms with Gasteiger partial charge in [0.25, 0.3) is 11.5 Å². The standard InChI is InChI=1S/C17H14BrN5O6S/c18-12-6-8-13(9-7-12)22(21-15(24)11-4-2-1-3-5-11)23(30(27,28)29)14-10-19-17(26)20-16(14)25/h1-10H,(H,21,24)(H,27,28,29)(H2,19,20,25,26). The van der Waals surface area contributed by atoms with E-state index in [-0.39, 0.29) is 15.7 Å². The van der Waals surface area contributed by atoms with Gasteiger partial charge in [-0.2, -0.15) is 13.5 Å². The Morgan fingerprint density at radius 3 is 2.23 bits per heavy atom. The molecule has 1 amide bonds. The number of aromatic nitrogens is 2. The molecule has 0 aliphatic heterocycles. The smallest absolute Gasteiger partial charge is 0.312 e. The summed E-state index contributed by atoms with van der Waals surface area (Å²) in [4.78, 5) is 40.2. The van der Waals surface area contributed by atoms with Crippen molar-refractivity contribution in [3.05, 3.63) is 91.7 Å². The van der Waals surface area contributed by atoms with Crippen LogP contribution in [0.3, 0.4) is 0 Å². The molecule has 0 radical (unpaired) electrons. The van der Waals surface area contributed by atoms with Gasteiger partial charge in [0.15, 0.2) is 5.69 Å². The molecular formula is C17H14BrN5O6S. The third-order valence-corrected chi connectivity index (χ3v) is 5.05. The summed E-state index contributed by atoms with van der Waals surface area (Å²) in [6.45, 7) is 0. The Balaban J connectivity index is 2.16. The van der Waals surface area contributed by atoms with Gasteiger partial charge in [0.2, 0.25) is 0 Å². The molecule has 1 heterocycles. The topological polar surface area (TPSA) is 156 Å². The van der Waals surface area contributed by atoms with Crippen molar-refractivity contribution in [3.63, 3.8) is 0 Å². The second-order valence-corrected chi connectivity index (χ2v) is 7.93. The normalized spacial score (nSPS) is 11.0. The number of aromatic amines is 2. The number of halogens is 1. The second kappa shape index (κ2) is 8.52. The summed E-state index contributed by atoms with van der Waals surface area (Å²) in [6, 6.07) is 13.8. The van der Waals surface area contributed by atoms with Crippen LogP contribution in [0.15, 0.2) is 74.9 Å². The number of nitrogens with zero attached hydrogens (tertiary/aromatic N) is 2. The maximum absolute atomic E-state index is 12.7. The fraction of sp³-hybridized carbons (Fsp3) is 0. The zero-order valence-corrected chi connectivity index (χ0v) is 17.3. The van der Waals surface area contributed by atoms with Gasteiger partial charge in [0.05, 0.1) is 5.69 Å². The summed E-state index contributed by atoms with van der Waals surface area (Å²) in [7, 11) is -5.15. The first-order valence-corrected chi connectivity index (χ1v) is 10.4. The lowest BCUT2D eigenvalue weighted by molar-refractivity contribution is 0.0949. The van der Waals surface area contributed by atoms with Crippen LogP contribution in [0, 0.1) is 0 Å². The summed E-state index contributed by atoms with van der Waals surface area (Å²) >= 11 is 3.24. The SMILES string of the molecule is O=C(NN(c1ccc(Br)cc1)N(c1c[nH]c(=O)[nH]c1=O)S(=O)(=O)O)c1ccccc1. The van der Waals surface area contributed by atoms with E-state index in [0.717, 1.165) is 6.20 Å². The van der Waals surface area contributed by atoms with E-state index in [1.165, 1.54) is 24.3 Å². The molecule has 156 valence electrons. The molecule has 0 aliphatic carbocycles. The number of carbonyl (C=O) groups excluding carboxylic acids is 1. The maximum Gasteiger partial charge on any atom is 0.379 e. The maximum atomic E-state index is 12.7. The minimum atomic E-state index is -5.15. The van der Waals surface area contributed by atoms with E-state index in [9.17, 15) is 27.4 Å². The molecule has 0 bridgehead atoms. The van der Waals surface area contributed by atoms with Crippen LogP contribution in [0.4, 0.5) is 11.4 Å². The highest BCUT2D eigenvalue weighted by atomic mass is 79.9. The quantitative estimate of drug-likeness (QED) is 0.295. The number of benzene rings is 2. The number of rotatable bonds is 6. The van der Waals surface area contributed by atoms with Gasteiger partial charge in [-0.1, -0.05) is 34.1 Å². The molecule has 3 aromatic rings. The average Bonchev–Trinajstić information content (AvgIpc) is 2.69. The highest BCUT2D eigenvalue weighted by molar-refractivity contribution is 9.10. The van der Waals surface area contributed by atoms with Crippen LogP contribution >= 0.6 is 15.9 Å². The van der Waals surface area contributed by atoms with Gasteiger partial charge in [-0.25, -0.2) is 10.2 Å². The van der Waals surface area contributed by atoms with Gasteiger partial charge in [0, 0.05) is 16.2 Å². The zero-order chi connectivity index (χ0) is 21.9. The molecule has 0 aliphatic rings. The second-order valence-electron chi connectivity index (χ2n) is 5.77. The summed E-state index contributed by atoms with van der Waals surface area (Å²) in [5, 5.41) is 0.667. The number of hydrogen-bond donors (Lipinski definition) is 4. The Morgan fingerprint density at radius 2 is 1.67 bits per heavy atom. The van der Waals surface area contributed by atoms with Gasteiger partial charge in [-0.05, 0) is 36.4 Å². The van der Waals surface area contributed by atoms with Gasteiger partial charge < -0.3 is 4.98 Å². The average molecular weight is 496 g/mol. The summed E-state index contributed by atoms with van der Waals surface area (Å²) in [6.07, 6.45) is 0.787. The molecule has 0 fully saturated rings. The summed E-state index contributed by atoms with van der Waals surface area (Å²) in [5.41, 5.74) is -0.0802. The Bertz CT molecular complexity index is 1270. The van der Waals surface area contributed by atoms with Gasteiger partial charge in [0.1, 0.15) is 0 Å². The van der Waals surface area contributed by atoms with E-state index >= 15 is 0 Å². The number of H-pyrrole nitrogens is 2. The van der Waals surface area contributed by atoms with Crippen molar-refractivity contribution >= 4 is 43.5 Å². The number of carbonyl (C=O) groups is 1. The van der Waals surface area contributed by atoms with Crippen molar-refractivity contribution in [2.24, 2.45) is 0 Å². The minimum Gasteiger partial charge on any atom is -0.312 e. The van der Waals surface area contributed by atoms with Crippen molar-refractivity contribution in [2.45, 2.75) is 0 Å². The number of nitrogens with one attached hydrogen (secondary N) is 3. The Kier molecular flexibility index (Phi) is 6.05. The lowest BCUT2D eigenvalue weighted by Gasteiger charge is -2.33. The lowest BCUT2D eigenvalue weighted by Crippen LogP contribution is -2.57. The van der Waals surface area contributed by atoms with Crippen molar-refractivity contribution in [3.8, 4) is 0 Å². The lowest BCUT2D eigenvalue weighted by atomic mass is 10.2. The predicted octanol–water partition coefficient (Wildman–Crippen LogP) is 1.20. The molecule has 11 nitrogen and oxygen atoms in total. The molecule has 0 atom stereocenters. The fourth-order valence-corrected chi connectivity index (χ4v) is 3.42. The first kappa shape index (κ1) is 21.3. The molecule has 4 N–H and O–H groups in total. The fourth-order valence-electron chi connectivity index (χ4n) is 2.43. The van der Waals surface area contributed by atoms with Gasteiger partial charge in [-0.3, -0.25) is 19.1 Å². The zero-order valence-electron chi connectivity index (χ0n) is 14.9. The summed E-state index contributed by atoms with van der Waals surface area (Å²) in [5.74, 6) is -0.729. The van der Waals surface area contributed by atoms with E-state index in [1.807, 2.05) is 4.98 Å². The molecule has 0 spiro atoms. The number of anilines is 2. The number of amides is 1. The minimum absolute atomic E-state index is 0.0747. The van der Waals surface area contributed by atoms with Crippen LogP contribution in [0.25, 0.3) is 0 Å². The van der Waals surface area contributed by atoms with Crippen LogP contribution in [0.5, 0.6) is 0 Å². The van der Waals surface area contributed by atoms with E-state index in [4.69, 9.17) is 0 Å². The van der Waals surface area contributed by atoms with E-state index in [2.05, 4.69) is 26.3 Å². The molecule has 1 aromatic heterocycles. The highest BCUT2D eigenvalue weighted by Crippen LogP contribution is 2.23. The van der Waals surface area contributed by atoms with Gasteiger partial charge in [-0.15, -0.1) is 4.41 Å². The van der Waals surface area contributed by atoms with Crippen LogP contribution in [-0.2, 0) is 10.3 Å². The molecule has 0 saturated carbocycles. The molecule has 13 heteroatoms. The highest BCUT2D eigenvalue weighted by Gasteiger charge is 2.32. The number of hydrazine groups is 2. The largest absolute Gasteiger partial charge is 0.379 e. The van der Waals surface area contributed by atoms with Gasteiger partial charge >= 0.3 is 16.0 Å². The molecule has 0 saturated heterocycles.